The van der Waals surface area contributed by atoms with Gasteiger partial charge in [-0.25, -0.2) is 0 Å². The van der Waals surface area contributed by atoms with Crippen molar-refractivity contribution in [3.8, 4) is 0 Å². The van der Waals surface area contributed by atoms with Crippen LogP contribution in [-0.2, 0) is 16.1 Å². The number of amides is 1. The van der Waals surface area contributed by atoms with Gasteiger partial charge in [0.25, 0.3) is 0 Å². The van der Waals surface area contributed by atoms with Crippen molar-refractivity contribution < 1.29 is 9.53 Å². The predicted octanol–water partition coefficient (Wildman–Crippen LogP) is 1.72. The molecule has 0 aromatic carbocycles. The molecule has 1 aromatic heterocycles. The van der Waals surface area contributed by atoms with E-state index in [-0.39, 0.29) is 11.9 Å². The fraction of sp³-hybridized carbons (Fsp3) is 0.615. The van der Waals surface area contributed by atoms with Crippen molar-refractivity contribution in [2.45, 2.75) is 26.4 Å². The Balaban J connectivity index is 2.43. The Kier molecular flexibility index (Phi) is 6.93. The molecule has 0 aliphatic carbocycles. The van der Waals surface area contributed by atoms with Crippen molar-refractivity contribution in [1.29, 1.82) is 0 Å². The Morgan fingerprint density at radius 1 is 1.56 bits per heavy atom. The molecule has 0 spiro atoms. The summed E-state index contributed by atoms with van der Waals surface area (Å²) in [6, 6.07) is 4.29. The Hall–Kier alpha value is -0.910. The minimum absolute atomic E-state index is 0.134. The summed E-state index contributed by atoms with van der Waals surface area (Å²) < 4.78 is 4.93. The highest BCUT2D eigenvalue weighted by molar-refractivity contribution is 7.09. The minimum atomic E-state index is 0.134. The summed E-state index contributed by atoms with van der Waals surface area (Å²) in [4.78, 5) is 15.2. The van der Waals surface area contributed by atoms with Crippen molar-refractivity contribution in [1.82, 2.24) is 10.2 Å². The molecule has 0 aliphatic heterocycles. The van der Waals surface area contributed by atoms with Gasteiger partial charge in [0.1, 0.15) is 0 Å². The van der Waals surface area contributed by atoms with Gasteiger partial charge in [-0.1, -0.05) is 6.07 Å². The zero-order valence-corrected chi connectivity index (χ0v) is 12.1. The number of hydrogen-bond donors (Lipinski definition) is 1. The number of hydrogen-bond acceptors (Lipinski definition) is 4. The summed E-state index contributed by atoms with van der Waals surface area (Å²) in [5.41, 5.74) is 0. The molecule has 0 saturated heterocycles. The van der Waals surface area contributed by atoms with E-state index in [1.165, 1.54) is 4.88 Å². The number of nitrogens with zero attached hydrogens (tertiary/aromatic N) is 1. The molecule has 1 N–H and O–H groups in total. The summed E-state index contributed by atoms with van der Waals surface area (Å²) >= 11 is 1.68. The zero-order valence-electron chi connectivity index (χ0n) is 11.3. The van der Waals surface area contributed by atoms with Crippen LogP contribution in [-0.4, -0.2) is 43.7 Å². The molecule has 0 unspecified atom stereocenters. The maximum Gasteiger partial charge on any atom is 0.237 e. The first-order valence-electron chi connectivity index (χ1n) is 6.16. The summed E-state index contributed by atoms with van der Waals surface area (Å²) in [6.45, 7) is 6.47. The number of ether oxygens (including phenoxy) is 1. The number of carbonyl (C=O) groups excluding carboxylic acids is 1. The maximum absolute atomic E-state index is 12.1. The van der Waals surface area contributed by atoms with Gasteiger partial charge in [0.15, 0.2) is 0 Å². The lowest BCUT2D eigenvalue weighted by Gasteiger charge is -2.26. The van der Waals surface area contributed by atoms with Crippen molar-refractivity contribution in [3.63, 3.8) is 0 Å². The smallest absolute Gasteiger partial charge is 0.237 e. The van der Waals surface area contributed by atoms with Crippen LogP contribution in [0.25, 0.3) is 0 Å². The van der Waals surface area contributed by atoms with Crippen LogP contribution in [0.2, 0.25) is 0 Å². The first-order chi connectivity index (χ1) is 8.65. The lowest BCUT2D eigenvalue weighted by molar-refractivity contribution is -0.132. The third kappa shape index (κ3) is 5.16. The molecule has 0 fully saturated rings. The molecule has 0 aliphatic rings. The van der Waals surface area contributed by atoms with E-state index in [0.29, 0.717) is 26.2 Å². The monoisotopic (exact) mass is 270 g/mol. The van der Waals surface area contributed by atoms with Crippen LogP contribution in [0.4, 0.5) is 0 Å². The number of carbonyl (C=O) groups is 1. The van der Waals surface area contributed by atoms with Gasteiger partial charge in [0.05, 0.1) is 19.7 Å². The molecule has 0 saturated carbocycles. The second kappa shape index (κ2) is 8.24. The van der Waals surface area contributed by atoms with Crippen LogP contribution in [0.3, 0.4) is 0 Å². The molecule has 4 nitrogen and oxygen atoms in total. The van der Waals surface area contributed by atoms with Gasteiger partial charge in [0, 0.05) is 24.6 Å². The highest BCUT2D eigenvalue weighted by atomic mass is 32.1. The maximum atomic E-state index is 12.1. The van der Waals surface area contributed by atoms with E-state index in [1.807, 2.05) is 30.2 Å². The highest BCUT2D eigenvalue weighted by Crippen LogP contribution is 2.13. The molecular formula is C13H22N2O2S. The van der Waals surface area contributed by atoms with Gasteiger partial charge in [-0.2, -0.15) is 0 Å². The van der Waals surface area contributed by atoms with Crippen molar-refractivity contribution in [2.75, 3.05) is 26.8 Å². The van der Waals surface area contributed by atoms with Crippen LogP contribution in [0.15, 0.2) is 17.5 Å². The predicted molar refractivity (Wildman–Crippen MR) is 74.8 cm³/mol. The number of nitrogens with one attached hydrogen (secondary N) is 1. The molecule has 102 valence electrons. The Labute approximate surface area is 113 Å². The van der Waals surface area contributed by atoms with E-state index in [9.17, 15) is 4.79 Å². The number of methoxy groups -OCH3 is 1. The standard InChI is InChI=1S/C13H22N2O2S/c1-11(2)15(10-12-5-4-8-18-12)13(16)9-14-6-7-17-3/h4-5,8,11,14H,6-7,9-10H2,1-3H3. The third-order valence-electron chi connectivity index (χ3n) is 2.61. The molecule has 1 aromatic rings. The first-order valence-corrected chi connectivity index (χ1v) is 7.04. The molecule has 0 radical (unpaired) electrons. The molecule has 5 heteroatoms. The summed E-state index contributed by atoms with van der Waals surface area (Å²) in [7, 11) is 1.65. The van der Waals surface area contributed by atoms with Gasteiger partial charge in [-0.15, -0.1) is 11.3 Å². The van der Waals surface area contributed by atoms with Crippen molar-refractivity contribution in [2.24, 2.45) is 0 Å². The summed E-state index contributed by atoms with van der Waals surface area (Å²) in [6.07, 6.45) is 0. The van der Waals surface area contributed by atoms with Crippen molar-refractivity contribution >= 4 is 17.2 Å². The molecule has 0 atom stereocenters. The second-order valence-electron chi connectivity index (χ2n) is 4.36. The molecular weight excluding hydrogens is 248 g/mol. The minimum Gasteiger partial charge on any atom is -0.383 e. The zero-order chi connectivity index (χ0) is 13.4. The van der Waals surface area contributed by atoms with E-state index in [2.05, 4.69) is 11.4 Å². The van der Waals surface area contributed by atoms with Crippen LogP contribution < -0.4 is 5.32 Å². The van der Waals surface area contributed by atoms with Crippen molar-refractivity contribution in [3.05, 3.63) is 22.4 Å². The van der Waals surface area contributed by atoms with E-state index in [0.717, 1.165) is 0 Å². The highest BCUT2D eigenvalue weighted by Gasteiger charge is 2.17. The fourth-order valence-electron chi connectivity index (χ4n) is 1.60. The van der Waals surface area contributed by atoms with Gasteiger partial charge in [-0.3, -0.25) is 4.79 Å². The Morgan fingerprint density at radius 3 is 2.89 bits per heavy atom. The van der Waals surface area contributed by atoms with E-state index in [4.69, 9.17) is 4.74 Å². The number of thiophene rings is 1. The molecule has 0 bridgehead atoms. The van der Waals surface area contributed by atoms with Crippen LogP contribution in [0.5, 0.6) is 0 Å². The van der Waals surface area contributed by atoms with Gasteiger partial charge in [0.2, 0.25) is 5.91 Å². The third-order valence-corrected chi connectivity index (χ3v) is 3.47. The normalized spacial score (nSPS) is 10.9. The van der Waals surface area contributed by atoms with Gasteiger partial charge < -0.3 is 15.0 Å². The van der Waals surface area contributed by atoms with Gasteiger partial charge >= 0.3 is 0 Å². The van der Waals surface area contributed by atoms with E-state index >= 15 is 0 Å². The summed E-state index contributed by atoms with van der Waals surface area (Å²) in [5.74, 6) is 0.134. The lowest BCUT2D eigenvalue weighted by Crippen LogP contribution is -2.42. The van der Waals surface area contributed by atoms with E-state index in [1.54, 1.807) is 18.4 Å². The van der Waals surface area contributed by atoms with Crippen LogP contribution in [0.1, 0.15) is 18.7 Å². The van der Waals surface area contributed by atoms with E-state index < -0.39 is 0 Å². The second-order valence-corrected chi connectivity index (χ2v) is 5.40. The average Bonchev–Trinajstić information content (AvgIpc) is 2.84. The SMILES string of the molecule is COCCNCC(=O)N(Cc1cccs1)C(C)C. The van der Waals surface area contributed by atoms with Gasteiger partial charge in [-0.05, 0) is 25.3 Å². The topological polar surface area (TPSA) is 41.6 Å². The first kappa shape index (κ1) is 15.1. The van der Waals surface area contributed by atoms with Crippen LogP contribution >= 0.6 is 11.3 Å². The number of rotatable bonds is 8. The molecule has 1 heterocycles. The Morgan fingerprint density at radius 2 is 2.33 bits per heavy atom. The lowest BCUT2D eigenvalue weighted by atomic mass is 10.3. The molecule has 1 amide bonds. The molecule has 18 heavy (non-hydrogen) atoms. The quantitative estimate of drug-likeness (QED) is 0.731. The average molecular weight is 270 g/mol. The largest absolute Gasteiger partial charge is 0.383 e. The molecule has 1 rings (SSSR count). The Bertz CT molecular complexity index is 339. The summed E-state index contributed by atoms with van der Waals surface area (Å²) in [5, 5.41) is 5.13. The fourth-order valence-corrected chi connectivity index (χ4v) is 2.30. The van der Waals surface area contributed by atoms with Crippen LogP contribution in [0, 0.1) is 0 Å².